The third kappa shape index (κ3) is 2.32. The Morgan fingerprint density at radius 3 is 2.67 bits per heavy atom. The predicted molar refractivity (Wildman–Crippen MR) is 58.7 cm³/mol. The van der Waals surface area contributed by atoms with Gasteiger partial charge >= 0.3 is 0 Å². The Bertz CT molecular complexity index is 385. The number of rotatable bonds is 3. The Kier molecular flexibility index (Phi) is 2.73. The maximum absolute atomic E-state index is 13.4. The molecule has 3 heteroatoms. The highest BCUT2D eigenvalue weighted by Crippen LogP contribution is 2.39. The average Bonchev–Trinajstić information content (AvgIpc) is 2.89. The number of benzene rings is 1. The van der Waals surface area contributed by atoms with Crippen molar-refractivity contribution in [1.29, 1.82) is 0 Å². The monoisotopic (exact) mass is 228 g/mol. The van der Waals surface area contributed by atoms with Crippen LogP contribution in [0.15, 0.2) is 12.1 Å². The summed E-state index contributed by atoms with van der Waals surface area (Å²) < 4.78 is 13.4. The molecule has 1 aromatic rings. The first-order chi connectivity index (χ1) is 7.04. The summed E-state index contributed by atoms with van der Waals surface area (Å²) >= 11 is 5.79. The van der Waals surface area contributed by atoms with Crippen LogP contribution in [0.5, 0.6) is 0 Å². The largest absolute Gasteiger partial charge is 0.390 e. The molecular weight excluding hydrogens is 215 g/mol. The molecule has 0 amide bonds. The summed E-state index contributed by atoms with van der Waals surface area (Å²) in [4.78, 5) is 0. The van der Waals surface area contributed by atoms with Crippen LogP contribution in [0.2, 0.25) is 5.02 Å². The van der Waals surface area contributed by atoms with Gasteiger partial charge in [0.25, 0.3) is 0 Å². The molecule has 1 fully saturated rings. The van der Waals surface area contributed by atoms with E-state index < -0.39 is 5.60 Å². The van der Waals surface area contributed by atoms with Crippen LogP contribution in [0.25, 0.3) is 0 Å². The first-order valence-electron chi connectivity index (χ1n) is 5.23. The van der Waals surface area contributed by atoms with Gasteiger partial charge in [-0.25, -0.2) is 4.39 Å². The Balaban J connectivity index is 2.28. The third-order valence-electron chi connectivity index (χ3n) is 2.90. The van der Waals surface area contributed by atoms with Gasteiger partial charge in [0, 0.05) is 6.42 Å². The number of hydrogen-bond acceptors (Lipinski definition) is 1. The molecular formula is C12H14ClFO. The van der Waals surface area contributed by atoms with E-state index in [4.69, 9.17) is 11.6 Å². The molecule has 0 heterocycles. The minimum absolute atomic E-state index is 0.161. The molecule has 1 aliphatic carbocycles. The molecule has 0 aromatic heterocycles. The van der Waals surface area contributed by atoms with Gasteiger partial charge in [0.1, 0.15) is 5.82 Å². The second-order valence-electron chi connectivity index (χ2n) is 4.31. The molecule has 1 nitrogen and oxygen atoms in total. The number of halogens is 2. The third-order valence-corrected chi connectivity index (χ3v) is 3.18. The molecule has 82 valence electrons. The van der Waals surface area contributed by atoms with Crippen molar-refractivity contribution >= 4 is 11.6 Å². The standard InChI is InChI=1S/C12H14ClFO/c1-2-9-5-8(6-10(13)11(9)14)7-12(15)3-4-12/h5-6,15H,2-4,7H2,1H3. The van der Waals surface area contributed by atoms with Crippen LogP contribution in [-0.4, -0.2) is 10.7 Å². The zero-order valence-electron chi connectivity index (χ0n) is 8.69. The van der Waals surface area contributed by atoms with Crippen molar-refractivity contribution in [3.63, 3.8) is 0 Å². The molecule has 0 aliphatic heterocycles. The second kappa shape index (κ2) is 3.76. The summed E-state index contributed by atoms with van der Waals surface area (Å²) in [5, 5.41) is 9.93. The summed E-state index contributed by atoms with van der Waals surface area (Å²) in [6, 6.07) is 3.42. The van der Waals surface area contributed by atoms with Crippen molar-refractivity contribution < 1.29 is 9.50 Å². The zero-order chi connectivity index (χ0) is 11.1. The van der Waals surface area contributed by atoms with Crippen molar-refractivity contribution in [2.24, 2.45) is 0 Å². The van der Waals surface area contributed by atoms with Crippen molar-refractivity contribution in [3.8, 4) is 0 Å². The normalized spacial score (nSPS) is 17.9. The van der Waals surface area contributed by atoms with E-state index in [-0.39, 0.29) is 10.8 Å². The summed E-state index contributed by atoms with van der Waals surface area (Å²) in [6.45, 7) is 1.89. The molecule has 1 saturated carbocycles. The SMILES string of the molecule is CCc1cc(CC2(O)CC2)cc(Cl)c1F. The molecule has 0 atom stereocenters. The van der Waals surface area contributed by atoms with Gasteiger partial charge in [-0.1, -0.05) is 24.6 Å². The fourth-order valence-electron chi connectivity index (χ4n) is 1.77. The highest BCUT2D eigenvalue weighted by atomic mass is 35.5. The van der Waals surface area contributed by atoms with Crippen molar-refractivity contribution in [1.82, 2.24) is 0 Å². The minimum atomic E-state index is -0.549. The number of aryl methyl sites for hydroxylation is 1. The van der Waals surface area contributed by atoms with Gasteiger partial charge in [0.05, 0.1) is 10.6 Å². The van der Waals surface area contributed by atoms with E-state index in [1.807, 2.05) is 6.92 Å². The lowest BCUT2D eigenvalue weighted by atomic mass is 10.0. The summed E-state index contributed by atoms with van der Waals surface area (Å²) in [6.07, 6.45) is 2.88. The Hall–Kier alpha value is -0.600. The van der Waals surface area contributed by atoms with Gasteiger partial charge < -0.3 is 5.11 Å². The van der Waals surface area contributed by atoms with Crippen molar-refractivity contribution in [3.05, 3.63) is 34.1 Å². The van der Waals surface area contributed by atoms with Crippen molar-refractivity contribution in [2.45, 2.75) is 38.2 Å². The Morgan fingerprint density at radius 1 is 1.47 bits per heavy atom. The molecule has 0 bridgehead atoms. The van der Waals surface area contributed by atoms with Crippen molar-refractivity contribution in [2.75, 3.05) is 0 Å². The minimum Gasteiger partial charge on any atom is -0.390 e. The highest BCUT2D eigenvalue weighted by Gasteiger charge is 2.40. The summed E-state index contributed by atoms with van der Waals surface area (Å²) in [5.41, 5.74) is 1.01. The smallest absolute Gasteiger partial charge is 0.144 e. The molecule has 15 heavy (non-hydrogen) atoms. The van der Waals surface area contributed by atoms with E-state index in [2.05, 4.69) is 0 Å². The quantitative estimate of drug-likeness (QED) is 0.843. The van der Waals surface area contributed by atoms with Crippen LogP contribution in [0.3, 0.4) is 0 Å². The van der Waals surface area contributed by atoms with Gasteiger partial charge in [-0.2, -0.15) is 0 Å². The fraction of sp³-hybridized carbons (Fsp3) is 0.500. The highest BCUT2D eigenvalue weighted by molar-refractivity contribution is 6.30. The van der Waals surface area contributed by atoms with E-state index in [0.29, 0.717) is 18.4 Å². The lowest BCUT2D eigenvalue weighted by molar-refractivity contribution is 0.151. The Morgan fingerprint density at radius 2 is 2.13 bits per heavy atom. The predicted octanol–water partition coefficient (Wildman–Crippen LogP) is 3.11. The average molecular weight is 229 g/mol. The number of hydrogen-bond donors (Lipinski definition) is 1. The van der Waals surface area contributed by atoms with Gasteiger partial charge in [-0.15, -0.1) is 0 Å². The number of aliphatic hydroxyl groups is 1. The maximum atomic E-state index is 13.4. The van der Waals surface area contributed by atoms with E-state index in [1.54, 1.807) is 12.1 Å². The van der Waals surface area contributed by atoms with Crippen LogP contribution in [-0.2, 0) is 12.8 Å². The summed E-state index contributed by atoms with van der Waals surface area (Å²) in [7, 11) is 0. The van der Waals surface area contributed by atoms with Gasteiger partial charge in [0.15, 0.2) is 0 Å². The zero-order valence-corrected chi connectivity index (χ0v) is 9.44. The van der Waals surface area contributed by atoms with Gasteiger partial charge in [-0.05, 0) is 36.5 Å². The molecule has 0 spiro atoms. The Labute approximate surface area is 93.9 Å². The van der Waals surface area contributed by atoms with Gasteiger partial charge in [0.2, 0.25) is 0 Å². The van der Waals surface area contributed by atoms with E-state index in [9.17, 15) is 9.50 Å². The lowest BCUT2D eigenvalue weighted by Crippen LogP contribution is -2.11. The van der Waals surface area contributed by atoms with E-state index >= 15 is 0 Å². The molecule has 0 saturated heterocycles. The van der Waals surface area contributed by atoms with Crippen LogP contribution in [0.1, 0.15) is 30.9 Å². The first kappa shape index (κ1) is 10.9. The lowest BCUT2D eigenvalue weighted by Gasteiger charge is -2.10. The van der Waals surface area contributed by atoms with E-state index in [0.717, 1.165) is 18.4 Å². The molecule has 1 N–H and O–H groups in total. The topological polar surface area (TPSA) is 20.2 Å². The van der Waals surface area contributed by atoms with Crippen LogP contribution in [0, 0.1) is 5.82 Å². The molecule has 2 rings (SSSR count). The first-order valence-corrected chi connectivity index (χ1v) is 5.61. The molecule has 1 aliphatic rings. The maximum Gasteiger partial charge on any atom is 0.144 e. The molecule has 0 radical (unpaired) electrons. The molecule has 0 unspecified atom stereocenters. The van der Waals surface area contributed by atoms with Crippen LogP contribution >= 0.6 is 11.6 Å². The summed E-state index contributed by atoms with van der Waals surface area (Å²) in [5.74, 6) is -0.328. The second-order valence-corrected chi connectivity index (χ2v) is 4.71. The molecule has 1 aromatic carbocycles. The van der Waals surface area contributed by atoms with Crippen LogP contribution in [0.4, 0.5) is 4.39 Å². The van der Waals surface area contributed by atoms with E-state index in [1.165, 1.54) is 0 Å². The fourth-order valence-corrected chi connectivity index (χ4v) is 2.03. The van der Waals surface area contributed by atoms with Crippen LogP contribution < -0.4 is 0 Å². The van der Waals surface area contributed by atoms with Gasteiger partial charge in [-0.3, -0.25) is 0 Å².